The van der Waals surface area contributed by atoms with Crippen molar-refractivity contribution in [2.24, 2.45) is 0 Å². The van der Waals surface area contributed by atoms with Gasteiger partial charge in [-0.2, -0.15) is 0 Å². The summed E-state index contributed by atoms with van der Waals surface area (Å²) in [6.07, 6.45) is 0. The first-order valence-electron chi connectivity index (χ1n) is 21.3. The average molecular weight is 817 g/mol. The molecule has 0 amide bonds. The molecule has 0 aliphatic carbocycles. The second-order valence-electron chi connectivity index (χ2n) is 15.9. The molecular weight excluding hydrogens is 781 g/mol. The second kappa shape index (κ2) is 15.2. The highest BCUT2D eigenvalue weighted by Crippen LogP contribution is 2.42. The summed E-state index contributed by atoms with van der Waals surface area (Å²) in [4.78, 5) is 19.5. The molecular formula is C58H36N6. The zero-order valence-electron chi connectivity index (χ0n) is 34.5. The average Bonchev–Trinajstić information content (AvgIpc) is 3.89. The van der Waals surface area contributed by atoms with Crippen LogP contribution in [-0.2, 0) is 0 Å². The second-order valence-corrected chi connectivity index (χ2v) is 15.9. The Bertz CT molecular complexity index is 3730. The molecule has 0 radical (unpaired) electrons. The van der Waals surface area contributed by atoms with Crippen LogP contribution in [-0.4, -0.2) is 24.1 Å². The summed E-state index contributed by atoms with van der Waals surface area (Å²) in [6.45, 7) is 7.89. The molecule has 9 aromatic carbocycles. The number of rotatable bonds is 7. The summed E-state index contributed by atoms with van der Waals surface area (Å²) in [6, 6.07) is 75.8. The highest BCUT2D eigenvalue weighted by atomic mass is 15.1. The van der Waals surface area contributed by atoms with E-state index in [1.165, 1.54) is 10.8 Å². The molecule has 298 valence electrons. The maximum absolute atomic E-state index is 7.89. The van der Waals surface area contributed by atoms with Crippen molar-refractivity contribution in [3.8, 4) is 67.8 Å². The number of fused-ring (bicyclic) bond motifs is 6. The van der Waals surface area contributed by atoms with Crippen LogP contribution in [0, 0.1) is 6.57 Å². The van der Waals surface area contributed by atoms with E-state index in [1.54, 1.807) is 0 Å². The summed E-state index contributed by atoms with van der Waals surface area (Å²) in [5.74, 6) is 1.76. The predicted octanol–water partition coefficient (Wildman–Crippen LogP) is 15.0. The Kier molecular flexibility index (Phi) is 8.77. The maximum Gasteiger partial charge on any atom is 0.194 e. The molecule has 3 aromatic heterocycles. The molecule has 0 atom stereocenters. The zero-order valence-corrected chi connectivity index (χ0v) is 34.5. The monoisotopic (exact) mass is 816 g/mol. The zero-order chi connectivity index (χ0) is 42.6. The van der Waals surface area contributed by atoms with Crippen molar-refractivity contribution in [1.82, 2.24) is 24.1 Å². The van der Waals surface area contributed by atoms with E-state index in [0.29, 0.717) is 23.2 Å². The molecule has 0 saturated heterocycles. The van der Waals surface area contributed by atoms with Crippen molar-refractivity contribution in [2.75, 3.05) is 0 Å². The van der Waals surface area contributed by atoms with Crippen LogP contribution in [0.15, 0.2) is 218 Å². The third kappa shape index (κ3) is 6.14. The van der Waals surface area contributed by atoms with Gasteiger partial charge in [0.05, 0.1) is 34.3 Å². The van der Waals surface area contributed by atoms with E-state index in [4.69, 9.17) is 21.5 Å². The molecule has 0 spiro atoms. The fourth-order valence-electron chi connectivity index (χ4n) is 9.24. The highest BCUT2D eigenvalue weighted by Gasteiger charge is 2.22. The summed E-state index contributed by atoms with van der Waals surface area (Å²) < 4.78 is 4.69. The molecule has 6 heteroatoms. The van der Waals surface area contributed by atoms with E-state index in [9.17, 15) is 0 Å². The lowest BCUT2D eigenvalue weighted by Gasteiger charge is -2.17. The van der Waals surface area contributed by atoms with E-state index < -0.39 is 0 Å². The fourth-order valence-corrected chi connectivity index (χ4v) is 9.24. The lowest BCUT2D eigenvalue weighted by atomic mass is 9.99. The van der Waals surface area contributed by atoms with Crippen LogP contribution in [0.2, 0.25) is 0 Å². The highest BCUT2D eigenvalue weighted by molar-refractivity contribution is 6.12. The molecule has 3 heterocycles. The van der Waals surface area contributed by atoms with Gasteiger partial charge in [-0.1, -0.05) is 164 Å². The van der Waals surface area contributed by atoms with E-state index in [-0.39, 0.29) is 0 Å². The van der Waals surface area contributed by atoms with Gasteiger partial charge in [0.15, 0.2) is 23.2 Å². The number of benzene rings is 9. The van der Waals surface area contributed by atoms with Gasteiger partial charge < -0.3 is 9.13 Å². The molecule has 0 aliphatic rings. The van der Waals surface area contributed by atoms with Crippen LogP contribution in [0.5, 0.6) is 0 Å². The van der Waals surface area contributed by atoms with E-state index in [1.807, 2.05) is 84.9 Å². The SMILES string of the molecule is [C-]#[N+]c1ccccc1-c1ccc2c(c1)c1ccccc1n2-c1ccc(-c2ccc3c4ccccc4n(-c4ccccc4)c3c2)cc1-c1nc(-c2ccccc2)nc(-c2ccccc2)n1. The third-order valence-electron chi connectivity index (χ3n) is 12.2. The molecule has 0 unspecified atom stereocenters. The summed E-state index contributed by atoms with van der Waals surface area (Å²) in [5, 5.41) is 4.61. The van der Waals surface area contributed by atoms with Crippen molar-refractivity contribution >= 4 is 49.3 Å². The predicted molar refractivity (Wildman–Crippen MR) is 262 cm³/mol. The van der Waals surface area contributed by atoms with Gasteiger partial charge in [-0.25, -0.2) is 19.8 Å². The number of nitrogens with zero attached hydrogens (tertiary/aromatic N) is 6. The van der Waals surface area contributed by atoms with Gasteiger partial charge in [0.1, 0.15) is 0 Å². The quantitative estimate of drug-likeness (QED) is 0.151. The fraction of sp³-hybridized carbons (Fsp3) is 0. The Morgan fingerprint density at radius 1 is 0.328 bits per heavy atom. The molecule has 12 rings (SSSR count). The number of aromatic nitrogens is 5. The lowest BCUT2D eigenvalue weighted by Crippen LogP contribution is -2.04. The van der Waals surface area contributed by atoms with E-state index >= 15 is 0 Å². The normalized spacial score (nSPS) is 11.4. The summed E-state index contributed by atoms with van der Waals surface area (Å²) >= 11 is 0. The van der Waals surface area contributed by atoms with Crippen LogP contribution < -0.4 is 0 Å². The summed E-state index contributed by atoms with van der Waals surface area (Å²) in [7, 11) is 0. The van der Waals surface area contributed by atoms with Crippen molar-refractivity contribution in [3.05, 3.63) is 230 Å². The Labute approximate surface area is 369 Å². The smallest absolute Gasteiger partial charge is 0.194 e. The van der Waals surface area contributed by atoms with Crippen molar-refractivity contribution in [3.63, 3.8) is 0 Å². The largest absolute Gasteiger partial charge is 0.309 e. The van der Waals surface area contributed by atoms with Gasteiger partial charge >= 0.3 is 0 Å². The van der Waals surface area contributed by atoms with Crippen molar-refractivity contribution < 1.29 is 0 Å². The van der Waals surface area contributed by atoms with Crippen LogP contribution in [0.25, 0.3) is 116 Å². The standard InChI is InChI=1S/C58H36N6/c1-59-50-26-14-11-23-44(50)42-31-34-53-48(36-42)46-25-13-16-28-52(46)64(53)54-33-30-40(41-29-32-47-45-24-12-15-27-51(45)63(55(47)37-41)43-21-9-4-10-22-43)35-49(54)58-61-56(38-17-5-2-6-18-38)60-57(62-58)39-19-7-3-8-20-39/h2-37H. The minimum atomic E-state index is 0.567. The van der Waals surface area contributed by atoms with Gasteiger partial charge in [0.25, 0.3) is 0 Å². The molecule has 12 aromatic rings. The van der Waals surface area contributed by atoms with Crippen LogP contribution in [0.1, 0.15) is 0 Å². The van der Waals surface area contributed by atoms with Gasteiger partial charge in [-0.3, -0.25) is 0 Å². The molecule has 0 saturated carbocycles. The third-order valence-corrected chi connectivity index (χ3v) is 12.2. The summed E-state index contributed by atoms with van der Waals surface area (Å²) in [5.41, 5.74) is 13.8. The Balaban J connectivity index is 1.13. The van der Waals surface area contributed by atoms with E-state index in [0.717, 1.165) is 83.2 Å². The number of para-hydroxylation sites is 4. The first kappa shape index (κ1) is 36.9. The van der Waals surface area contributed by atoms with Crippen LogP contribution in [0.3, 0.4) is 0 Å². The number of hydrogen-bond acceptors (Lipinski definition) is 3. The Morgan fingerprint density at radius 2 is 0.844 bits per heavy atom. The van der Waals surface area contributed by atoms with Gasteiger partial charge in [0, 0.05) is 43.9 Å². The molecule has 64 heavy (non-hydrogen) atoms. The van der Waals surface area contributed by atoms with Gasteiger partial charge in [0.2, 0.25) is 0 Å². The first-order chi connectivity index (χ1) is 31.7. The topological polar surface area (TPSA) is 52.9 Å². The maximum atomic E-state index is 7.89. The molecule has 0 aliphatic heterocycles. The minimum Gasteiger partial charge on any atom is -0.309 e. The van der Waals surface area contributed by atoms with Crippen LogP contribution >= 0.6 is 0 Å². The van der Waals surface area contributed by atoms with Crippen LogP contribution in [0.4, 0.5) is 5.69 Å². The van der Waals surface area contributed by atoms with Gasteiger partial charge in [-0.15, -0.1) is 0 Å². The van der Waals surface area contributed by atoms with Crippen molar-refractivity contribution in [2.45, 2.75) is 0 Å². The first-order valence-corrected chi connectivity index (χ1v) is 21.3. The molecule has 0 fully saturated rings. The molecule has 0 N–H and O–H groups in total. The van der Waals surface area contributed by atoms with Crippen molar-refractivity contribution in [1.29, 1.82) is 0 Å². The van der Waals surface area contributed by atoms with E-state index in [2.05, 4.69) is 147 Å². The minimum absolute atomic E-state index is 0.567. The molecule has 6 nitrogen and oxygen atoms in total. The lowest BCUT2D eigenvalue weighted by molar-refractivity contribution is 1.06. The Morgan fingerprint density at radius 3 is 1.55 bits per heavy atom. The van der Waals surface area contributed by atoms with Gasteiger partial charge in [-0.05, 0) is 76.9 Å². The Hall–Kier alpha value is -8.92. The number of hydrogen-bond donors (Lipinski definition) is 0. The molecule has 0 bridgehead atoms.